The number of carbonyl (C=O) groups excluding carboxylic acids is 1. The van der Waals surface area contributed by atoms with Gasteiger partial charge < -0.3 is 4.42 Å². The van der Waals surface area contributed by atoms with Gasteiger partial charge in [0.05, 0.1) is 11.8 Å². The molecule has 0 bridgehead atoms. The summed E-state index contributed by atoms with van der Waals surface area (Å²) in [6, 6.07) is 5.81. The number of furan rings is 1. The van der Waals surface area contributed by atoms with Crippen molar-refractivity contribution < 1.29 is 9.21 Å². The first-order valence-corrected chi connectivity index (χ1v) is 6.72. The summed E-state index contributed by atoms with van der Waals surface area (Å²) in [5.74, 6) is 1.76. The zero-order valence-electron chi connectivity index (χ0n) is 10.3. The zero-order chi connectivity index (χ0) is 12.4. The lowest BCUT2D eigenvalue weighted by Crippen LogP contribution is -1.94. The summed E-state index contributed by atoms with van der Waals surface area (Å²) in [7, 11) is 0. The van der Waals surface area contributed by atoms with Crippen LogP contribution in [0.2, 0.25) is 0 Å². The minimum atomic E-state index is 0.0466. The first-order chi connectivity index (χ1) is 8.09. The first-order valence-electron chi connectivity index (χ1n) is 5.73. The molecule has 1 aromatic heterocycles. The standard InChI is InChI=1S/C14H16O2S/c1-9(2)8-17-13-5-4-11(10(3)15)14-12(13)6-7-16-14/h4-7,9H,8H2,1-3H3. The van der Waals surface area contributed by atoms with E-state index >= 15 is 0 Å². The van der Waals surface area contributed by atoms with Crippen LogP contribution in [0.5, 0.6) is 0 Å². The van der Waals surface area contributed by atoms with Crippen molar-refractivity contribution in [2.75, 3.05) is 5.75 Å². The molecule has 2 rings (SSSR count). The monoisotopic (exact) mass is 248 g/mol. The molecule has 17 heavy (non-hydrogen) atoms. The first kappa shape index (κ1) is 12.2. The Morgan fingerprint density at radius 2 is 2.12 bits per heavy atom. The SMILES string of the molecule is CC(=O)c1ccc(SCC(C)C)c2ccoc12. The van der Waals surface area contributed by atoms with Gasteiger partial charge in [0, 0.05) is 16.0 Å². The fourth-order valence-electron chi connectivity index (χ4n) is 1.70. The molecule has 2 nitrogen and oxygen atoms in total. The largest absolute Gasteiger partial charge is 0.464 e. The third kappa shape index (κ3) is 2.55. The van der Waals surface area contributed by atoms with E-state index < -0.39 is 0 Å². The molecule has 0 aliphatic heterocycles. The molecule has 2 aromatic rings. The van der Waals surface area contributed by atoms with E-state index in [0.29, 0.717) is 17.1 Å². The molecule has 0 radical (unpaired) electrons. The molecule has 0 N–H and O–H groups in total. The maximum absolute atomic E-state index is 11.5. The van der Waals surface area contributed by atoms with Gasteiger partial charge in [-0.2, -0.15) is 0 Å². The fraction of sp³-hybridized carbons (Fsp3) is 0.357. The summed E-state index contributed by atoms with van der Waals surface area (Å²) >= 11 is 1.81. The second-order valence-electron chi connectivity index (χ2n) is 4.54. The van der Waals surface area contributed by atoms with Crippen LogP contribution in [0.25, 0.3) is 11.0 Å². The maximum Gasteiger partial charge on any atom is 0.163 e. The lowest BCUT2D eigenvalue weighted by molar-refractivity contribution is 0.101. The summed E-state index contributed by atoms with van der Waals surface area (Å²) in [6.07, 6.45) is 1.65. The highest BCUT2D eigenvalue weighted by Gasteiger charge is 2.12. The summed E-state index contributed by atoms with van der Waals surface area (Å²) < 4.78 is 5.42. The molecule has 90 valence electrons. The van der Waals surface area contributed by atoms with Crippen LogP contribution in [0.4, 0.5) is 0 Å². The average molecular weight is 248 g/mol. The van der Waals surface area contributed by atoms with Gasteiger partial charge in [-0.05, 0) is 31.0 Å². The van der Waals surface area contributed by atoms with Gasteiger partial charge >= 0.3 is 0 Å². The van der Waals surface area contributed by atoms with E-state index in [9.17, 15) is 4.79 Å². The predicted molar refractivity (Wildman–Crippen MR) is 71.8 cm³/mol. The van der Waals surface area contributed by atoms with Crippen molar-refractivity contribution in [1.29, 1.82) is 0 Å². The maximum atomic E-state index is 11.5. The number of rotatable bonds is 4. The van der Waals surface area contributed by atoms with Gasteiger partial charge in [0.15, 0.2) is 5.78 Å². The van der Waals surface area contributed by atoms with Crippen molar-refractivity contribution in [2.45, 2.75) is 25.7 Å². The molecule has 0 aliphatic carbocycles. The normalized spacial score (nSPS) is 11.3. The quantitative estimate of drug-likeness (QED) is 0.594. The Labute approximate surface area is 105 Å². The fourth-order valence-corrected chi connectivity index (χ4v) is 2.69. The van der Waals surface area contributed by atoms with E-state index in [4.69, 9.17) is 4.42 Å². The summed E-state index contributed by atoms with van der Waals surface area (Å²) in [5.41, 5.74) is 1.38. The van der Waals surface area contributed by atoms with Crippen molar-refractivity contribution in [3.8, 4) is 0 Å². The van der Waals surface area contributed by atoms with Crippen LogP contribution in [0.1, 0.15) is 31.1 Å². The topological polar surface area (TPSA) is 30.2 Å². The van der Waals surface area contributed by atoms with Gasteiger partial charge in [0.1, 0.15) is 5.58 Å². The number of ketones is 1. The molecular formula is C14H16O2S. The molecule has 0 saturated heterocycles. The van der Waals surface area contributed by atoms with Crippen LogP contribution in [0.3, 0.4) is 0 Å². The lowest BCUT2D eigenvalue weighted by atomic mass is 10.1. The Bertz CT molecular complexity index is 540. The molecule has 0 unspecified atom stereocenters. The summed E-state index contributed by atoms with van der Waals surface area (Å²) in [6.45, 7) is 5.96. The molecule has 1 aromatic carbocycles. The molecule has 0 spiro atoms. The number of thioether (sulfide) groups is 1. The highest BCUT2D eigenvalue weighted by molar-refractivity contribution is 7.99. The Morgan fingerprint density at radius 3 is 2.76 bits per heavy atom. The molecule has 0 saturated carbocycles. The third-order valence-corrected chi connectivity index (χ3v) is 4.03. The van der Waals surface area contributed by atoms with Gasteiger partial charge in [0.25, 0.3) is 0 Å². The number of Topliss-reactive ketones (excluding diaryl/α,β-unsaturated/α-hetero) is 1. The van der Waals surface area contributed by atoms with Crippen molar-refractivity contribution >= 4 is 28.5 Å². The van der Waals surface area contributed by atoms with Crippen LogP contribution in [-0.2, 0) is 0 Å². The predicted octanol–water partition coefficient (Wildman–Crippen LogP) is 4.38. The molecular weight excluding hydrogens is 232 g/mol. The second-order valence-corrected chi connectivity index (χ2v) is 5.60. The average Bonchev–Trinajstić information content (AvgIpc) is 2.73. The number of benzene rings is 1. The van der Waals surface area contributed by atoms with Crippen LogP contribution < -0.4 is 0 Å². The third-order valence-electron chi connectivity index (χ3n) is 2.53. The molecule has 0 amide bonds. The lowest BCUT2D eigenvalue weighted by Gasteiger charge is -2.07. The highest BCUT2D eigenvalue weighted by Crippen LogP contribution is 2.32. The Hall–Kier alpha value is -1.22. The summed E-state index contributed by atoms with van der Waals surface area (Å²) in [4.78, 5) is 12.7. The van der Waals surface area contributed by atoms with Crippen LogP contribution in [0.15, 0.2) is 33.8 Å². The Kier molecular flexibility index (Phi) is 3.57. The molecule has 1 heterocycles. The van der Waals surface area contributed by atoms with Crippen LogP contribution in [-0.4, -0.2) is 11.5 Å². The molecule has 0 atom stereocenters. The van der Waals surface area contributed by atoms with Crippen LogP contribution in [0, 0.1) is 5.92 Å². The number of fused-ring (bicyclic) bond motifs is 1. The van der Waals surface area contributed by atoms with Gasteiger partial charge in [-0.25, -0.2) is 0 Å². The summed E-state index contributed by atoms with van der Waals surface area (Å²) in [5, 5.41) is 1.04. The van der Waals surface area contributed by atoms with Gasteiger partial charge in [-0.15, -0.1) is 11.8 Å². The van der Waals surface area contributed by atoms with Crippen molar-refractivity contribution in [3.63, 3.8) is 0 Å². The number of carbonyl (C=O) groups is 1. The molecule has 0 aliphatic rings. The highest BCUT2D eigenvalue weighted by atomic mass is 32.2. The Balaban J connectivity index is 2.42. The smallest absolute Gasteiger partial charge is 0.163 e. The molecule has 0 fully saturated rings. The number of hydrogen-bond donors (Lipinski definition) is 0. The van der Waals surface area contributed by atoms with E-state index in [1.54, 1.807) is 13.2 Å². The van der Waals surface area contributed by atoms with E-state index in [1.807, 2.05) is 30.0 Å². The van der Waals surface area contributed by atoms with Crippen LogP contribution >= 0.6 is 11.8 Å². The molecule has 3 heteroatoms. The van der Waals surface area contributed by atoms with Gasteiger partial charge in [0.2, 0.25) is 0 Å². The van der Waals surface area contributed by atoms with E-state index in [-0.39, 0.29) is 5.78 Å². The van der Waals surface area contributed by atoms with E-state index in [1.165, 1.54) is 4.90 Å². The zero-order valence-corrected chi connectivity index (χ0v) is 11.1. The van der Waals surface area contributed by atoms with Crippen molar-refractivity contribution in [3.05, 3.63) is 30.0 Å². The van der Waals surface area contributed by atoms with Gasteiger partial charge in [-0.3, -0.25) is 4.79 Å². The Morgan fingerprint density at radius 1 is 1.35 bits per heavy atom. The number of hydrogen-bond acceptors (Lipinski definition) is 3. The van der Waals surface area contributed by atoms with Crippen molar-refractivity contribution in [2.24, 2.45) is 5.92 Å². The van der Waals surface area contributed by atoms with Gasteiger partial charge in [-0.1, -0.05) is 13.8 Å². The van der Waals surface area contributed by atoms with Crippen molar-refractivity contribution in [1.82, 2.24) is 0 Å². The van der Waals surface area contributed by atoms with E-state index in [2.05, 4.69) is 13.8 Å². The minimum absolute atomic E-state index is 0.0466. The second kappa shape index (κ2) is 4.96. The van der Waals surface area contributed by atoms with E-state index in [0.717, 1.165) is 11.1 Å². The minimum Gasteiger partial charge on any atom is -0.464 e.